The van der Waals surface area contributed by atoms with Gasteiger partial charge < -0.3 is 4.74 Å². The van der Waals surface area contributed by atoms with E-state index in [1.54, 1.807) is 21.9 Å². The van der Waals surface area contributed by atoms with Crippen LogP contribution in [0, 0.1) is 0 Å². The lowest BCUT2D eigenvalue weighted by atomic mass is 10.0. The number of hydrogen-bond donors (Lipinski definition) is 0. The third-order valence-electron chi connectivity index (χ3n) is 4.85. The van der Waals surface area contributed by atoms with Crippen LogP contribution in [0.5, 0.6) is 0 Å². The number of thiazole rings is 1. The lowest BCUT2D eigenvalue weighted by molar-refractivity contribution is 0.0257. The van der Waals surface area contributed by atoms with Crippen molar-refractivity contribution in [2.24, 2.45) is 0 Å². The fourth-order valence-electron chi connectivity index (χ4n) is 3.49. The van der Waals surface area contributed by atoms with E-state index >= 15 is 0 Å². The standard InChI is InChI=1S/C21H16BrN3O2S/c22-14-9-10-18-23-11-16(25(18)12-14)21(26)27-17-8-4-7-15-19(17)28-20(24-15)13-5-2-1-3-6-13/h1-3,5-6,9-12,17H,4,7-8H2. The van der Waals surface area contributed by atoms with Crippen LogP contribution in [-0.2, 0) is 11.2 Å². The molecule has 0 fully saturated rings. The molecular formula is C21H16BrN3O2S. The quantitative estimate of drug-likeness (QED) is 0.386. The first-order chi connectivity index (χ1) is 13.7. The lowest BCUT2D eigenvalue weighted by Crippen LogP contribution is -2.16. The third kappa shape index (κ3) is 3.14. The van der Waals surface area contributed by atoms with Crippen LogP contribution in [0.3, 0.4) is 0 Å². The molecule has 0 bridgehead atoms. The second-order valence-electron chi connectivity index (χ2n) is 6.70. The Kier molecular flexibility index (Phi) is 4.49. The van der Waals surface area contributed by atoms with E-state index in [0.29, 0.717) is 11.3 Å². The molecule has 0 aliphatic heterocycles. The minimum absolute atomic E-state index is 0.260. The van der Waals surface area contributed by atoms with Gasteiger partial charge >= 0.3 is 5.97 Å². The number of aromatic nitrogens is 3. The Morgan fingerprint density at radius 3 is 2.93 bits per heavy atom. The smallest absolute Gasteiger partial charge is 0.357 e. The molecule has 4 aromatic rings. The second kappa shape index (κ2) is 7.14. The van der Waals surface area contributed by atoms with Gasteiger partial charge in [0.1, 0.15) is 16.8 Å². The molecule has 140 valence electrons. The Morgan fingerprint density at radius 2 is 2.07 bits per heavy atom. The largest absolute Gasteiger partial charge is 0.452 e. The molecule has 1 aliphatic carbocycles. The molecule has 3 heterocycles. The number of pyridine rings is 1. The molecule has 1 atom stereocenters. The van der Waals surface area contributed by atoms with Crippen molar-refractivity contribution in [1.82, 2.24) is 14.4 Å². The zero-order valence-electron chi connectivity index (χ0n) is 14.8. The highest BCUT2D eigenvalue weighted by molar-refractivity contribution is 9.10. The first-order valence-corrected chi connectivity index (χ1v) is 10.7. The van der Waals surface area contributed by atoms with Gasteiger partial charge in [0, 0.05) is 16.2 Å². The lowest BCUT2D eigenvalue weighted by Gasteiger charge is -2.21. The van der Waals surface area contributed by atoms with Crippen molar-refractivity contribution < 1.29 is 9.53 Å². The normalized spacial score (nSPS) is 16.1. The van der Waals surface area contributed by atoms with Crippen molar-refractivity contribution >= 4 is 38.9 Å². The van der Waals surface area contributed by atoms with Crippen LogP contribution >= 0.6 is 27.3 Å². The number of fused-ring (bicyclic) bond motifs is 2. The number of halogens is 1. The summed E-state index contributed by atoms with van der Waals surface area (Å²) >= 11 is 5.06. The van der Waals surface area contributed by atoms with E-state index < -0.39 is 0 Å². The molecule has 3 aromatic heterocycles. The van der Waals surface area contributed by atoms with Crippen molar-refractivity contribution in [2.75, 3.05) is 0 Å². The number of esters is 1. The second-order valence-corrected chi connectivity index (χ2v) is 8.65. The third-order valence-corrected chi connectivity index (χ3v) is 6.56. The fraction of sp³-hybridized carbons (Fsp3) is 0.190. The molecule has 0 radical (unpaired) electrons. The van der Waals surface area contributed by atoms with E-state index in [1.807, 2.05) is 36.5 Å². The number of rotatable bonds is 3. The number of carbonyl (C=O) groups excluding carboxylic acids is 1. The highest BCUT2D eigenvalue weighted by Crippen LogP contribution is 2.40. The number of carbonyl (C=O) groups is 1. The Morgan fingerprint density at radius 1 is 1.21 bits per heavy atom. The summed E-state index contributed by atoms with van der Waals surface area (Å²) in [5.41, 5.74) is 3.28. The van der Waals surface area contributed by atoms with E-state index in [-0.39, 0.29) is 12.1 Å². The average Bonchev–Trinajstić information content (AvgIpc) is 3.33. The van der Waals surface area contributed by atoms with Gasteiger partial charge in [-0.15, -0.1) is 11.3 Å². The predicted octanol–water partition coefficient (Wildman–Crippen LogP) is 5.45. The Hall–Kier alpha value is -2.51. The number of nitrogens with zero attached hydrogens (tertiary/aromatic N) is 3. The highest BCUT2D eigenvalue weighted by atomic mass is 79.9. The first kappa shape index (κ1) is 17.6. The summed E-state index contributed by atoms with van der Waals surface area (Å²) in [6.45, 7) is 0. The van der Waals surface area contributed by atoms with E-state index in [9.17, 15) is 4.79 Å². The summed E-state index contributed by atoms with van der Waals surface area (Å²) in [6, 6.07) is 13.9. The van der Waals surface area contributed by atoms with E-state index in [1.165, 1.54) is 0 Å². The van der Waals surface area contributed by atoms with Gasteiger partial charge in [-0.25, -0.2) is 14.8 Å². The van der Waals surface area contributed by atoms with Gasteiger partial charge in [-0.2, -0.15) is 0 Å². The summed E-state index contributed by atoms with van der Waals surface area (Å²) in [7, 11) is 0. The summed E-state index contributed by atoms with van der Waals surface area (Å²) in [5.74, 6) is -0.363. The molecule has 0 spiro atoms. The maximum atomic E-state index is 12.9. The minimum Gasteiger partial charge on any atom is -0.452 e. The fourth-order valence-corrected chi connectivity index (χ4v) is 5.01. The Bertz CT molecular complexity index is 1170. The predicted molar refractivity (Wildman–Crippen MR) is 112 cm³/mol. The van der Waals surface area contributed by atoms with Crippen LogP contribution in [-0.4, -0.2) is 20.3 Å². The molecule has 0 saturated carbocycles. The number of imidazole rings is 1. The van der Waals surface area contributed by atoms with E-state index in [2.05, 4.69) is 33.0 Å². The van der Waals surface area contributed by atoms with Crippen LogP contribution in [0.2, 0.25) is 0 Å². The van der Waals surface area contributed by atoms with Crippen molar-refractivity contribution in [3.8, 4) is 10.6 Å². The van der Waals surface area contributed by atoms with Gasteiger partial charge in [-0.1, -0.05) is 30.3 Å². The van der Waals surface area contributed by atoms with Gasteiger partial charge in [0.2, 0.25) is 0 Å². The minimum atomic E-state index is -0.363. The van der Waals surface area contributed by atoms with Crippen LogP contribution in [0.1, 0.15) is 40.0 Å². The molecular weight excluding hydrogens is 438 g/mol. The maximum Gasteiger partial charge on any atom is 0.357 e. The zero-order valence-corrected chi connectivity index (χ0v) is 17.2. The zero-order chi connectivity index (χ0) is 19.1. The molecule has 1 unspecified atom stereocenters. The number of ether oxygens (including phenoxy) is 1. The maximum absolute atomic E-state index is 12.9. The molecule has 0 amide bonds. The topological polar surface area (TPSA) is 56.5 Å². The Labute approximate surface area is 174 Å². The average molecular weight is 454 g/mol. The van der Waals surface area contributed by atoms with Crippen LogP contribution in [0.15, 0.2) is 59.3 Å². The summed E-state index contributed by atoms with van der Waals surface area (Å²) in [6.07, 6.45) is 5.83. The summed E-state index contributed by atoms with van der Waals surface area (Å²) < 4.78 is 8.54. The van der Waals surface area contributed by atoms with Crippen LogP contribution in [0.25, 0.3) is 16.2 Å². The molecule has 5 rings (SSSR count). The number of hydrogen-bond acceptors (Lipinski definition) is 5. The monoisotopic (exact) mass is 453 g/mol. The first-order valence-electron chi connectivity index (χ1n) is 9.07. The van der Waals surface area contributed by atoms with Crippen molar-refractivity contribution in [3.05, 3.63) is 75.6 Å². The molecule has 7 heteroatoms. The van der Waals surface area contributed by atoms with Crippen LogP contribution < -0.4 is 0 Å². The molecule has 1 aliphatic rings. The highest BCUT2D eigenvalue weighted by Gasteiger charge is 2.29. The van der Waals surface area contributed by atoms with E-state index in [0.717, 1.165) is 44.9 Å². The van der Waals surface area contributed by atoms with E-state index in [4.69, 9.17) is 9.72 Å². The molecule has 0 saturated heterocycles. The van der Waals surface area contributed by atoms with Gasteiger partial charge in [-0.05, 0) is 47.3 Å². The van der Waals surface area contributed by atoms with Crippen molar-refractivity contribution in [2.45, 2.75) is 25.4 Å². The summed E-state index contributed by atoms with van der Waals surface area (Å²) in [5, 5.41) is 0.979. The Balaban J connectivity index is 1.44. The molecule has 5 nitrogen and oxygen atoms in total. The molecule has 1 aromatic carbocycles. The van der Waals surface area contributed by atoms with Crippen LogP contribution in [0.4, 0.5) is 0 Å². The van der Waals surface area contributed by atoms with Gasteiger partial charge in [0.05, 0.1) is 16.8 Å². The summed E-state index contributed by atoms with van der Waals surface area (Å²) in [4.78, 5) is 23.0. The van der Waals surface area contributed by atoms with Crippen molar-refractivity contribution in [3.63, 3.8) is 0 Å². The van der Waals surface area contributed by atoms with Crippen molar-refractivity contribution in [1.29, 1.82) is 0 Å². The SMILES string of the molecule is O=C(OC1CCCc2nc(-c3ccccc3)sc21)c1cnc2ccc(Br)cn12. The number of aryl methyl sites for hydroxylation is 1. The van der Waals surface area contributed by atoms with Gasteiger partial charge in [-0.3, -0.25) is 4.40 Å². The number of benzene rings is 1. The molecule has 28 heavy (non-hydrogen) atoms. The van der Waals surface area contributed by atoms with Gasteiger partial charge in [0.15, 0.2) is 5.69 Å². The van der Waals surface area contributed by atoms with Gasteiger partial charge in [0.25, 0.3) is 0 Å². The molecule has 0 N–H and O–H groups in total.